The van der Waals surface area contributed by atoms with E-state index in [-0.39, 0.29) is 5.56 Å². The Labute approximate surface area is 164 Å². The average Bonchev–Trinajstić information content (AvgIpc) is 2.76. The van der Waals surface area contributed by atoms with Gasteiger partial charge in [-0.05, 0) is 42.7 Å². The van der Waals surface area contributed by atoms with Gasteiger partial charge in [0.1, 0.15) is 5.75 Å². The average molecular weight is 376 g/mol. The Morgan fingerprint density at radius 3 is 2.75 bits per heavy atom. The topological polar surface area (TPSA) is 60.2 Å². The smallest absolute Gasteiger partial charge is 0.255 e. The SMILES string of the molecule is COc1cccc(C2CCCN(c3nc(-c4ccncc4)cc(=O)n3C)C2)c1. The summed E-state index contributed by atoms with van der Waals surface area (Å²) in [5.74, 6) is 1.97. The Balaban J connectivity index is 1.66. The lowest BCUT2D eigenvalue weighted by molar-refractivity contribution is 0.412. The fourth-order valence-electron chi connectivity index (χ4n) is 3.81. The lowest BCUT2D eigenvalue weighted by Crippen LogP contribution is -2.38. The molecule has 144 valence electrons. The Hall–Kier alpha value is -3.15. The molecule has 4 rings (SSSR count). The van der Waals surface area contributed by atoms with Gasteiger partial charge in [0.05, 0.1) is 12.8 Å². The number of nitrogens with zero attached hydrogens (tertiary/aromatic N) is 4. The van der Waals surface area contributed by atoms with E-state index in [4.69, 9.17) is 9.72 Å². The molecule has 0 saturated carbocycles. The van der Waals surface area contributed by atoms with Crippen LogP contribution in [0.1, 0.15) is 24.3 Å². The molecule has 3 heterocycles. The van der Waals surface area contributed by atoms with Crippen molar-refractivity contribution in [2.24, 2.45) is 7.05 Å². The maximum Gasteiger partial charge on any atom is 0.255 e. The molecule has 0 N–H and O–H groups in total. The quantitative estimate of drug-likeness (QED) is 0.700. The van der Waals surface area contributed by atoms with Gasteiger partial charge in [-0.2, -0.15) is 0 Å². The van der Waals surface area contributed by atoms with E-state index in [0.29, 0.717) is 17.6 Å². The van der Waals surface area contributed by atoms with Gasteiger partial charge in [0.25, 0.3) is 5.56 Å². The third kappa shape index (κ3) is 3.63. The maximum atomic E-state index is 12.6. The summed E-state index contributed by atoms with van der Waals surface area (Å²) in [6, 6.07) is 13.6. The van der Waals surface area contributed by atoms with Crippen molar-refractivity contribution in [3.63, 3.8) is 0 Å². The highest BCUT2D eigenvalue weighted by Crippen LogP contribution is 2.31. The van der Waals surface area contributed by atoms with Crippen molar-refractivity contribution in [1.29, 1.82) is 0 Å². The highest BCUT2D eigenvalue weighted by Gasteiger charge is 2.24. The molecule has 0 amide bonds. The van der Waals surface area contributed by atoms with E-state index in [1.165, 1.54) is 5.56 Å². The summed E-state index contributed by atoms with van der Waals surface area (Å²) in [6.45, 7) is 1.72. The second kappa shape index (κ2) is 7.84. The monoisotopic (exact) mass is 376 g/mol. The van der Waals surface area contributed by atoms with Crippen LogP contribution in [0.4, 0.5) is 5.95 Å². The fourth-order valence-corrected chi connectivity index (χ4v) is 3.81. The Bertz CT molecular complexity index is 1020. The molecule has 0 aliphatic carbocycles. The minimum Gasteiger partial charge on any atom is -0.497 e. The molecule has 0 radical (unpaired) electrons. The second-order valence-electron chi connectivity index (χ2n) is 7.14. The summed E-state index contributed by atoms with van der Waals surface area (Å²) in [7, 11) is 3.48. The first-order valence-corrected chi connectivity index (χ1v) is 9.53. The number of ether oxygens (including phenoxy) is 1. The van der Waals surface area contributed by atoms with Crippen LogP contribution >= 0.6 is 0 Å². The summed E-state index contributed by atoms with van der Waals surface area (Å²) in [5, 5.41) is 0. The van der Waals surface area contributed by atoms with Crippen LogP contribution in [0.15, 0.2) is 59.7 Å². The Morgan fingerprint density at radius 2 is 1.96 bits per heavy atom. The zero-order chi connectivity index (χ0) is 19.5. The fraction of sp³-hybridized carbons (Fsp3) is 0.318. The molecule has 3 aromatic rings. The normalized spacial score (nSPS) is 16.8. The summed E-state index contributed by atoms with van der Waals surface area (Å²) in [4.78, 5) is 23.7. The predicted octanol–water partition coefficient (Wildman–Crippen LogP) is 3.23. The number of rotatable bonds is 4. The first-order valence-electron chi connectivity index (χ1n) is 9.53. The number of hydrogen-bond donors (Lipinski definition) is 0. The van der Waals surface area contributed by atoms with E-state index in [1.807, 2.05) is 24.3 Å². The van der Waals surface area contributed by atoms with E-state index in [2.05, 4.69) is 22.0 Å². The number of hydrogen-bond acceptors (Lipinski definition) is 5. The van der Waals surface area contributed by atoms with Gasteiger partial charge in [0.2, 0.25) is 5.95 Å². The van der Waals surface area contributed by atoms with Crippen LogP contribution in [-0.2, 0) is 7.05 Å². The zero-order valence-corrected chi connectivity index (χ0v) is 16.2. The van der Waals surface area contributed by atoms with Gasteiger partial charge in [-0.15, -0.1) is 0 Å². The summed E-state index contributed by atoms with van der Waals surface area (Å²) in [5.41, 5.74) is 2.79. The van der Waals surface area contributed by atoms with Crippen LogP contribution in [0, 0.1) is 0 Å². The summed E-state index contributed by atoms with van der Waals surface area (Å²) < 4.78 is 7.02. The molecule has 1 unspecified atom stereocenters. The minimum absolute atomic E-state index is 0.0553. The molecule has 1 aliphatic rings. The lowest BCUT2D eigenvalue weighted by Gasteiger charge is -2.34. The first kappa shape index (κ1) is 18.2. The zero-order valence-electron chi connectivity index (χ0n) is 16.2. The molecule has 0 spiro atoms. The standard InChI is InChI=1S/C22H24N4O2/c1-25-21(27)14-20(16-8-10-23-11-9-16)24-22(25)26-12-4-6-18(15-26)17-5-3-7-19(13-17)28-2/h3,5,7-11,13-14,18H,4,6,12,15H2,1-2H3. The van der Waals surface area contributed by atoms with E-state index in [0.717, 1.165) is 37.2 Å². The van der Waals surface area contributed by atoms with Gasteiger partial charge in [-0.1, -0.05) is 12.1 Å². The summed E-state index contributed by atoms with van der Waals surface area (Å²) in [6.07, 6.45) is 5.60. The van der Waals surface area contributed by atoms with E-state index < -0.39 is 0 Å². The summed E-state index contributed by atoms with van der Waals surface area (Å²) >= 11 is 0. The molecular formula is C22H24N4O2. The molecule has 1 aromatic carbocycles. The van der Waals surface area contributed by atoms with Crippen LogP contribution < -0.4 is 15.2 Å². The lowest BCUT2D eigenvalue weighted by atomic mass is 9.90. The molecule has 1 saturated heterocycles. The Kier molecular flexibility index (Phi) is 5.10. The van der Waals surface area contributed by atoms with Crippen LogP contribution in [0.25, 0.3) is 11.3 Å². The molecule has 2 aromatic heterocycles. The van der Waals surface area contributed by atoms with Gasteiger partial charge in [0.15, 0.2) is 0 Å². The van der Waals surface area contributed by atoms with Crippen LogP contribution in [0.2, 0.25) is 0 Å². The van der Waals surface area contributed by atoms with E-state index >= 15 is 0 Å². The van der Waals surface area contributed by atoms with Crippen molar-refractivity contribution in [3.8, 4) is 17.0 Å². The second-order valence-corrected chi connectivity index (χ2v) is 7.14. The Morgan fingerprint density at radius 1 is 1.14 bits per heavy atom. The third-order valence-corrected chi connectivity index (χ3v) is 5.36. The maximum absolute atomic E-state index is 12.6. The van der Waals surface area contributed by atoms with Gasteiger partial charge in [0, 0.05) is 50.1 Å². The van der Waals surface area contributed by atoms with Gasteiger partial charge in [-0.3, -0.25) is 14.3 Å². The van der Waals surface area contributed by atoms with Crippen LogP contribution in [-0.4, -0.2) is 34.7 Å². The number of anilines is 1. The molecule has 1 atom stereocenters. The minimum atomic E-state index is -0.0553. The van der Waals surface area contributed by atoms with Crippen LogP contribution in [0.5, 0.6) is 5.75 Å². The van der Waals surface area contributed by atoms with E-state index in [1.54, 1.807) is 37.2 Å². The van der Waals surface area contributed by atoms with Gasteiger partial charge >= 0.3 is 0 Å². The number of benzene rings is 1. The molecule has 6 nitrogen and oxygen atoms in total. The number of piperidine rings is 1. The molecule has 1 fully saturated rings. The molecule has 6 heteroatoms. The largest absolute Gasteiger partial charge is 0.497 e. The predicted molar refractivity (Wildman–Crippen MR) is 110 cm³/mol. The number of aromatic nitrogens is 3. The number of pyridine rings is 1. The van der Waals surface area contributed by atoms with Crippen molar-refractivity contribution in [2.45, 2.75) is 18.8 Å². The highest BCUT2D eigenvalue weighted by atomic mass is 16.5. The van der Waals surface area contributed by atoms with Crippen molar-refractivity contribution >= 4 is 5.95 Å². The molecule has 0 bridgehead atoms. The molecular weight excluding hydrogens is 352 g/mol. The first-order chi connectivity index (χ1) is 13.7. The number of methoxy groups -OCH3 is 1. The van der Waals surface area contributed by atoms with Crippen molar-refractivity contribution < 1.29 is 4.74 Å². The van der Waals surface area contributed by atoms with E-state index in [9.17, 15) is 4.79 Å². The van der Waals surface area contributed by atoms with Gasteiger partial charge in [-0.25, -0.2) is 4.98 Å². The molecule has 1 aliphatic heterocycles. The third-order valence-electron chi connectivity index (χ3n) is 5.36. The van der Waals surface area contributed by atoms with Crippen LogP contribution in [0.3, 0.4) is 0 Å². The highest BCUT2D eigenvalue weighted by molar-refractivity contribution is 5.59. The van der Waals surface area contributed by atoms with Crippen molar-refractivity contribution in [1.82, 2.24) is 14.5 Å². The molecule has 28 heavy (non-hydrogen) atoms. The van der Waals surface area contributed by atoms with Gasteiger partial charge < -0.3 is 9.64 Å². The van der Waals surface area contributed by atoms with Crippen molar-refractivity contribution in [2.75, 3.05) is 25.1 Å². The van der Waals surface area contributed by atoms with Crippen molar-refractivity contribution in [3.05, 3.63) is 70.8 Å².